The van der Waals surface area contributed by atoms with E-state index in [0.717, 1.165) is 89.9 Å². The number of phosphoric ester groups is 1. The Morgan fingerprint density at radius 1 is 0.327 bits per heavy atom. The molecule has 0 radical (unpaired) electrons. The van der Waals surface area contributed by atoms with E-state index >= 15 is 0 Å². The fourth-order valence-electron chi connectivity index (χ4n) is 12.0. The highest BCUT2D eigenvalue weighted by Crippen LogP contribution is 2.43. The molecule has 0 aliphatic heterocycles. The molecule has 0 saturated carbocycles. The molecule has 2 atom stereocenters. The second-order valence-electron chi connectivity index (χ2n) is 29.1. The standard InChI is InChI=1S/C88H158NO8P/c1-6-8-10-12-14-16-18-20-22-24-26-28-30-32-34-36-38-40-42-44-46-48-50-52-54-56-58-60-62-64-66-68-70-72-74-76-78-80-87(90)94-84-86(85-96-98(92,93)95-83-82-89(3,4)5)97-88(91)81-79-77-75-73-71-69-67-65-63-61-59-57-55-53-51-49-47-45-43-41-39-37-35-33-31-29-27-25-23-21-19-17-15-13-11-9-7-2/h9,11,15,17-18,20-21,23-24,26-27,29,33,35,39,41,45,47,86H,6-8,10,12-14,16,19,22,25,28,30-32,34,36-38,40,42-44,46,48-85H2,1-5H3/p+1/b11-9-,17-15-,20-18-,23-21-,26-24-,29-27-,35-33-,41-39-,47-45-. The number of carbonyl (C=O) groups excluding carboxylic acids is 2. The van der Waals surface area contributed by atoms with E-state index in [2.05, 4.69) is 123 Å². The molecule has 0 bridgehead atoms. The van der Waals surface area contributed by atoms with Gasteiger partial charge < -0.3 is 18.9 Å². The van der Waals surface area contributed by atoms with Crippen molar-refractivity contribution in [2.45, 2.75) is 392 Å². The van der Waals surface area contributed by atoms with Crippen molar-refractivity contribution in [3.8, 4) is 0 Å². The third-order valence-corrected chi connectivity index (χ3v) is 19.3. The number of allylic oxidation sites excluding steroid dienone is 18. The monoisotopic (exact) mass is 1390 g/mol. The van der Waals surface area contributed by atoms with Crippen molar-refractivity contribution in [3.05, 3.63) is 109 Å². The minimum absolute atomic E-state index is 0.0306. The molecule has 0 heterocycles. The predicted molar refractivity (Wildman–Crippen MR) is 427 cm³/mol. The van der Waals surface area contributed by atoms with Crippen LogP contribution in [0.5, 0.6) is 0 Å². The molecule has 0 spiro atoms. The number of nitrogens with zero attached hydrogens (tertiary/aromatic N) is 1. The maximum Gasteiger partial charge on any atom is 0.472 e. The SMILES string of the molecule is CC/C=C\C/C=C\C/C=C\C/C=C\C/C=C\C/C=C\C/C=C\CCCCCCCCCCCCCCCCCC(=O)OC(COC(=O)CCCCCCCCCCCCCCCCCCCCCCCCCCC/C=C\C/C=C\CCCCCCC)COP(=O)(O)OCC[N+](C)(C)C. The molecule has 0 aromatic heterocycles. The van der Waals surface area contributed by atoms with Gasteiger partial charge in [0, 0.05) is 12.8 Å². The van der Waals surface area contributed by atoms with Gasteiger partial charge in [0.2, 0.25) is 0 Å². The molecule has 0 saturated heterocycles. The summed E-state index contributed by atoms with van der Waals surface area (Å²) in [5.41, 5.74) is 0. The molecule has 0 aliphatic rings. The molecule has 98 heavy (non-hydrogen) atoms. The highest BCUT2D eigenvalue weighted by Gasteiger charge is 2.27. The molecule has 0 aromatic carbocycles. The minimum Gasteiger partial charge on any atom is -0.462 e. The largest absolute Gasteiger partial charge is 0.472 e. The summed E-state index contributed by atoms with van der Waals surface area (Å²) in [7, 11) is 1.49. The number of rotatable bonds is 77. The van der Waals surface area contributed by atoms with Gasteiger partial charge in [-0.2, -0.15) is 0 Å². The van der Waals surface area contributed by atoms with Gasteiger partial charge in [-0.1, -0.05) is 380 Å². The van der Waals surface area contributed by atoms with Crippen LogP contribution in [0.15, 0.2) is 109 Å². The van der Waals surface area contributed by atoms with Crippen molar-refractivity contribution in [1.82, 2.24) is 0 Å². The zero-order valence-electron chi connectivity index (χ0n) is 65.0. The second kappa shape index (κ2) is 77.8. The Labute approximate surface area is 607 Å². The third kappa shape index (κ3) is 81.6. The molecule has 568 valence electrons. The number of hydrogen-bond donors (Lipinski definition) is 1. The van der Waals surface area contributed by atoms with Gasteiger partial charge >= 0.3 is 19.8 Å². The molecule has 9 nitrogen and oxygen atoms in total. The van der Waals surface area contributed by atoms with Crippen LogP contribution in [-0.4, -0.2) is 74.9 Å². The summed E-state index contributed by atoms with van der Waals surface area (Å²) in [5.74, 6) is -0.782. The first-order chi connectivity index (χ1) is 48.0. The van der Waals surface area contributed by atoms with Crippen LogP contribution in [0, 0.1) is 0 Å². The van der Waals surface area contributed by atoms with E-state index < -0.39 is 26.5 Å². The molecular weight excluding hydrogens is 1230 g/mol. The van der Waals surface area contributed by atoms with Gasteiger partial charge in [0.25, 0.3) is 0 Å². The summed E-state index contributed by atoms with van der Waals surface area (Å²) >= 11 is 0. The van der Waals surface area contributed by atoms with E-state index in [1.165, 1.54) is 263 Å². The molecule has 10 heteroatoms. The third-order valence-electron chi connectivity index (χ3n) is 18.3. The number of esters is 2. The lowest BCUT2D eigenvalue weighted by atomic mass is 10.0. The molecule has 0 aliphatic carbocycles. The Bertz CT molecular complexity index is 2030. The average molecular weight is 1390 g/mol. The van der Waals surface area contributed by atoms with E-state index in [9.17, 15) is 19.0 Å². The lowest BCUT2D eigenvalue weighted by molar-refractivity contribution is -0.870. The quantitative estimate of drug-likeness (QED) is 0.0211. The van der Waals surface area contributed by atoms with Crippen molar-refractivity contribution in [3.63, 3.8) is 0 Å². The van der Waals surface area contributed by atoms with Gasteiger partial charge in [0.15, 0.2) is 6.10 Å². The molecule has 0 rings (SSSR count). The number of quaternary nitrogens is 1. The lowest BCUT2D eigenvalue weighted by Crippen LogP contribution is -2.37. The van der Waals surface area contributed by atoms with Gasteiger partial charge in [0.1, 0.15) is 19.8 Å². The van der Waals surface area contributed by atoms with Crippen LogP contribution in [-0.2, 0) is 32.7 Å². The molecule has 1 N–H and O–H groups in total. The highest BCUT2D eigenvalue weighted by molar-refractivity contribution is 7.47. The smallest absolute Gasteiger partial charge is 0.462 e. The number of hydrogen-bond acceptors (Lipinski definition) is 7. The Kier molecular flexibility index (Phi) is 75.2. The number of unbranched alkanes of at least 4 members (excludes halogenated alkanes) is 45. The normalized spacial score (nSPS) is 13.6. The summed E-state index contributed by atoms with van der Waals surface area (Å²) in [4.78, 5) is 36.0. The minimum atomic E-state index is -4.40. The summed E-state index contributed by atoms with van der Waals surface area (Å²) in [6, 6.07) is 0. The van der Waals surface area contributed by atoms with Gasteiger partial charge in [-0.25, -0.2) is 4.57 Å². The highest BCUT2D eigenvalue weighted by atomic mass is 31.2. The maximum absolute atomic E-state index is 12.9. The Morgan fingerprint density at radius 2 is 0.582 bits per heavy atom. The van der Waals surface area contributed by atoms with Gasteiger partial charge in [0.05, 0.1) is 27.7 Å². The van der Waals surface area contributed by atoms with Crippen LogP contribution >= 0.6 is 7.82 Å². The molecule has 0 aromatic rings. The summed E-state index contributed by atoms with van der Waals surface area (Å²) < 4.78 is 34.9. The van der Waals surface area contributed by atoms with Crippen LogP contribution in [0.2, 0.25) is 0 Å². The van der Waals surface area contributed by atoms with E-state index in [1.807, 2.05) is 21.1 Å². The fraction of sp³-hybridized carbons (Fsp3) is 0.773. The van der Waals surface area contributed by atoms with Gasteiger partial charge in [-0.05, 0) is 103 Å². The first-order valence-electron chi connectivity index (χ1n) is 41.6. The van der Waals surface area contributed by atoms with Crippen molar-refractivity contribution in [2.75, 3.05) is 47.5 Å². The summed E-state index contributed by atoms with van der Waals surface area (Å²) in [6.45, 7) is 4.36. The van der Waals surface area contributed by atoms with Crippen LogP contribution < -0.4 is 0 Å². The van der Waals surface area contributed by atoms with Gasteiger partial charge in [-0.15, -0.1) is 0 Å². The van der Waals surface area contributed by atoms with Crippen LogP contribution in [0.4, 0.5) is 0 Å². The fourth-order valence-corrected chi connectivity index (χ4v) is 12.7. The number of likely N-dealkylation sites (N-methyl/N-ethyl adjacent to an activating group) is 1. The van der Waals surface area contributed by atoms with Crippen molar-refractivity contribution in [1.29, 1.82) is 0 Å². The Morgan fingerprint density at radius 3 is 0.867 bits per heavy atom. The molecule has 0 amide bonds. The Hall–Kier alpha value is -3.33. The lowest BCUT2D eigenvalue weighted by Gasteiger charge is -2.24. The van der Waals surface area contributed by atoms with E-state index in [4.69, 9.17) is 18.5 Å². The first kappa shape index (κ1) is 94.7. The number of carbonyl (C=O) groups is 2. The van der Waals surface area contributed by atoms with Crippen molar-refractivity contribution >= 4 is 19.8 Å². The van der Waals surface area contributed by atoms with Crippen molar-refractivity contribution < 1.29 is 42.1 Å². The van der Waals surface area contributed by atoms with Crippen molar-refractivity contribution in [2.24, 2.45) is 0 Å². The van der Waals surface area contributed by atoms with Crippen LogP contribution in [0.3, 0.4) is 0 Å². The van der Waals surface area contributed by atoms with E-state index in [-0.39, 0.29) is 25.6 Å². The first-order valence-corrected chi connectivity index (χ1v) is 43.1. The van der Waals surface area contributed by atoms with Crippen LogP contribution in [0.25, 0.3) is 0 Å². The van der Waals surface area contributed by atoms with Crippen LogP contribution in [0.1, 0.15) is 386 Å². The molecular formula is C88H159NO8P+. The molecule has 2 unspecified atom stereocenters. The number of ether oxygens (including phenoxy) is 2. The van der Waals surface area contributed by atoms with Gasteiger partial charge in [-0.3, -0.25) is 18.6 Å². The zero-order chi connectivity index (χ0) is 71.1. The summed E-state index contributed by atoms with van der Waals surface area (Å²) in [6.07, 6.45) is 111. The number of phosphoric acid groups is 1. The van der Waals surface area contributed by atoms with E-state index in [1.54, 1.807) is 0 Å². The summed E-state index contributed by atoms with van der Waals surface area (Å²) in [5, 5.41) is 0. The second-order valence-corrected chi connectivity index (χ2v) is 30.6. The Balaban J connectivity index is 3.93. The predicted octanol–water partition coefficient (Wildman–Crippen LogP) is 28.0. The topological polar surface area (TPSA) is 108 Å². The molecule has 0 fully saturated rings. The van der Waals surface area contributed by atoms with E-state index in [0.29, 0.717) is 23.9 Å². The maximum atomic E-state index is 12.9. The zero-order valence-corrected chi connectivity index (χ0v) is 65.9. The average Bonchev–Trinajstić information content (AvgIpc) is 1.08.